The summed E-state index contributed by atoms with van der Waals surface area (Å²) in [5, 5.41) is 12.6. The van der Waals surface area contributed by atoms with Gasteiger partial charge in [0, 0.05) is 30.4 Å². The molecule has 1 aliphatic rings. The van der Waals surface area contributed by atoms with E-state index < -0.39 is 0 Å². The lowest BCUT2D eigenvalue weighted by molar-refractivity contribution is -0.109. The fraction of sp³-hybridized carbons (Fsp3) is 0.647. The molecule has 0 bridgehead atoms. The van der Waals surface area contributed by atoms with Crippen LogP contribution in [0.2, 0.25) is 0 Å². The minimum absolute atomic E-state index is 0.208. The molecule has 3 heteroatoms. The van der Waals surface area contributed by atoms with Gasteiger partial charge in [0.15, 0.2) is 0 Å². The van der Waals surface area contributed by atoms with Crippen LogP contribution in [-0.2, 0) is 11.2 Å². The van der Waals surface area contributed by atoms with Crippen LogP contribution in [0.1, 0.15) is 39.2 Å². The third-order valence-corrected chi connectivity index (χ3v) is 4.81. The van der Waals surface area contributed by atoms with Gasteiger partial charge >= 0.3 is 0 Å². The highest BCUT2D eigenvalue weighted by Gasteiger charge is 2.51. The van der Waals surface area contributed by atoms with E-state index in [1.54, 1.807) is 0 Å². The van der Waals surface area contributed by atoms with E-state index in [-0.39, 0.29) is 12.0 Å². The minimum Gasteiger partial charge on any atom is -0.396 e. The Hall–Kier alpha value is -1.06. The van der Waals surface area contributed by atoms with E-state index in [1.807, 2.05) is 0 Å². The summed E-state index contributed by atoms with van der Waals surface area (Å²) in [6, 6.07) is 8.86. The van der Waals surface area contributed by atoms with Crippen LogP contribution in [0.15, 0.2) is 24.3 Å². The molecule has 0 amide bonds. The number of ether oxygens (including phenoxy) is 1. The first kappa shape index (κ1) is 15.3. The fourth-order valence-electron chi connectivity index (χ4n) is 3.07. The van der Waals surface area contributed by atoms with Crippen molar-refractivity contribution < 1.29 is 9.84 Å². The van der Waals surface area contributed by atoms with Gasteiger partial charge in [-0.1, -0.05) is 26.0 Å². The summed E-state index contributed by atoms with van der Waals surface area (Å²) in [6.07, 6.45) is 3.31. The lowest BCUT2D eigenvalue weighted by Crippen LogP contribution is -2.59. The standard InChI is InChI=1S/C17H27NO2/c1-4-17(3)15(12-16(17)20-5-2)18-14-8-6-13(7-9-14)10-11-19/h6-9,15-16,18-19H,4-5,10-12H2,1-3H3. The second-order valence-corrected chi connectivity index (χ2v) is 5.91. The van der Waals surface area contributed by atoms with Crippen molar-refractivity contribution in [2.45, 2.75) is 52.2 Å². The van der Waals surface area contributed by atoms with Crippen LogP contribution >= 0.6 is 0 Å². The highest BCUT2D eigenvalue weighted by atomic mass is 16.5. The summed E-state index contributed by atoms with van der Waals surface area (Å²) in [5.41, 5.74) is 2.56. The van der Waals surface area contributed by atoms with E-state index in [2.05, 4.69) is 50.4 Å². The van der Waals surface area contributed by atoms with Crippen LogP contribution in [0.25, 0.3) is 0 Å². The van der Waals surface area contributed by atoms with Gasteiger partial charge in [0.1, 0.15) is 0 Å². The number of benzene rings is 1. The SMILES string of the molecule is CCOC1CC(Nc2ccc(CCO)cc2)C1(C)CC. The van der Waals surface area contributed by atoms with E-state index in [0.29, 0.717) is 12.1 Å². The summed E-state index contributed by atoms with van der Waals surface area (Å²) in [6.45, 7) is 7.62. The fourth-order valence-corrected chi connectivity index (χ4v) is 3.07. The molecule has 0 heterocycles. The van der Waals surface area contributed by atoms with Crippen LogP contribution in [0.4, 0.5) is 5.69 Å². The molecule has 1 aromatic carbocycles. The van der Waals surface area contributed by atoms with Gasteiger partial charge in [-0.15, -0.1) is 0 Å². The monoisotopic (exact) mass is 277 g/mol. The van der Waals surface area contributed by atoms with Crippen LogP contribution in [0, 0.1) is 5.41 Å². The molecule has 0 aromatic heterocycles. The first-order chi connectivity index (χ1) is 9.63. The molecular weight excluding hydrogens is 250 g/mol. The number of anilines is 1. The number of aliphatic hydroxyl groups excluding tert-OH is 1. The van der Waals surface area contributed by atoms with Crippen molar-refractivity contribution in [3.63, 3.8) is 0 Å². The molecule has 2 rings (SSSR count). The predicted octanol–water partition coefficient (Wildman–Crippen LogP) is 3.23. The number of hydrogen-bond donors (Lipinski definition) is 2. The summed E-state index contributed by atoms with van der Waals surface area (Å²) in [5.74, 6) is 0. The van der Waals surface area contributed by atoms with Crippen molar-refractivity contribution in [2.24, 2.45) is 5.41 Å². The van der Waals surface area contributed by atoms with Crippen molar-refractivity contribution >= 4 is 5.69 Å². The lowest BCUT2D eigenvalue weighted by atomic mass is 9.61. The molecule has 2 N–H and O–H groups in total. The van der Waals surface area contributed by atoms with Crippen molar-refractivity contribution in [3.8, 4) is 0 Å². The Labute approximate surface area is 122 Å². The molecule has 1 saturated carbocycles. The number of hydrogen-bond acceptors (Lipinski definition) is 3. The zero-order valence-electron chi connectivity index (χ0n) is 12.9. The molecule has 1 aliphatic carbocycles. The summed E-state index contributed by atoms with van der Waals surface area (Å²) in [7, 11) is 0. The molecule has 3 unspecified atom stereocenters. The minimum atomic E-state index is 0.208. The van der Waals surface area contributed by atoms with E-state index in [4.69, 9.17) is 9.84 Å². The molecule has 0 radical (unpaired) electrons. The van der Waals surface area contributed by atoms with Crippen molar-refractivity contribution in [3.05, 3.63) is 29.8 Å². The summed E-state index contributed by atoms with van der Waals surface area (Å²) < 4.78 is 5.84. The van der Waals surface area contributed by atoms with Crippen molar-refractivity contribution in [1.82, 2.24) is 0 Å². The summed E-state index contributed by atoms with van der Waals surface area (Å²) in [4.78, 5) is 0. The van der Waals surface area contributed by atoms with E-state index in [9.17, 15) is 0 Å². The zero-order valence-corrected chi connectivity index (χ0v) is 12.9. The molecule has 3 nitrogen and oxygen atoms in total. The average Bonchev–Trinajstić information content (AvgIpc) is 2.47. The summed E-state index contributed by atoms with van der Waals surface area (Å²) >= 11 is 0. The van der Waals surface area contributed by atoms with Crippen LogP contribution in [-0.4, -0.2) is 30.5 Å². The van der Waals surface area contributed by atoms with Crippen molar-refractivity contribution in [2.75, 3.05) is 18.5 Å². The smallest absolute Gasteiger partial charge is 0.0667 e. The van der Waals surface area contributed by atoms with Gasteiger partial charge in [0.05, 0.1) is 6.10 Å². The third-order valence-electron chi connectivity index (χ3n) is 4.81. The molecule has 3 atom stereocenters. The normalized spacial score (nSPS) is 29.0. The van der Waals surface area contributed by atoms with Crippen LogP contribution < -0.4 is 5.32 Å². The maximum absolute atomic E-state index is 8.93. The Morgan fingerprint density at radius 1 is 1.30 bits per heavy atom. The predicted molar refractivity (Wildman–Crippen MR) is 83.1 cm³/mol. The first-order valence-electron chi connectivity index (χ1n) is 7.72. The van der Waals surface area contributed by atoms with Gasteiger partial charge < -0.3 is 15.2 Å². The second-order valence-electron chi connectivity index (χ2n) is 5.91. The maximum Gasteiger partial charge on any atom is 0.0667 e. The van der Waals surface area contributed by atoms with Gasteiger partial charge in [-0.2, -0.15) is 0 Å². The maximum atomic E-state index is 8.93. The van der Waals surface area contributed by atoms with Crippen LogP contribution in [0.3, 0.4) is 0 Å². The molecule has 112 valence electrons. The quantitative estimate of drug-likeness (QED) is 0.804. The third kappa shape index (κ3) is 2.99. The van der Waals surface area contributed by atoms with E-state index in [0.717, 1.165) is 31.6 Å². The van der Waals surface area contributed by atoms with Gasteiger partial charge in [-0.3, -0.25) is 0 Å². The van der Waals surface area contributed by atoms with Gasteiger partial charge in [-0.05, 0) is 43.9 Å². The lowest BCUT2D eigenvalue weighted by Gasteiger charge is -2.54. The first-order valence-corrected chi connectivity index (χ1v) is 7.72. The Kier molecular flexibility index (Phi) is 5.06. The van der Waals surface area contributed by atoms with Gasteiger partial charge in [0.25, 0.3) is 0 Å². The molecule has 1 fully saturated rings. The van der Waals surface area contributed by atoms with Gasteiger partial charge in [0.2, 0.25) is 0 Å². The highest BCUT2D eigenvalue weighted by molar-refractivity contribution is 5.46. The zero-order chi connectivity index (χ0) is 14.6. The van der Waals surface area contributed by atoms with Gasteiger partial charge in [-0.25, -0.2) is 0 Å². The Bertz CT molecular complexity index is 418. The molecule has 0 aliphatic heterocycles. The van der Waals surface area contributed by atoms with E-state index in [1.165, 1.54) is 5.56 Å². The average molecular weight is 277 g/mol. The molecule has 0 saturated heterocycles. The Balaban J connectivity index is 1.96. The van der Waals surface area contributed by atoms with Crippen molar-refractivity contribution in [1.29, 1.82) is 0 Å². The Morgan fingerprint density at radius 3 is 2.55 bits per heavy atom. The number of nitrogens with one attached hydrogen (secondary N) is 1. The highest BCUT2D eigenvalue weighted by Crippen LogP contribution is 2.47. The molecule has 20 heavy (non-hydrogen) atoms. The topological polar surface area (TPSA) is 41.5 Å². The van der Waals surface area contributed by atoms with E-state index >= 15 is 0 Å². The molecular formula is C17H27NO2. The van der Waals surface area contributed by atoms with Crippen LogP contribution in [0.5, 0.6) is 0 Å². The molecule has 1 aromatic rings. The number of rotatable bonds is 7. The Morgan fingerprint density at radius 2 is 2.00 bits per heavy atom. The largest absolute Gasteiger partial charge is 0.396 e. The second kappa shape index (κ2) is 6.59. The number of aliphatic hydroxyl groups is 1. The molecule has 0 spiro atoms.